The number of hydrogen-bond donors (Lipinski definition) is 0. The Labute approximate surface area is 242 Å². The number of benzene rings is 2. The lowest BCUT2D eigenvalue weighted by molar-refractivity contribution is -0.585. The second kappa shape index (κ2) is 10.7. The van der Waals surface area contributed by atoms with Crippen LogP contribution in [-0.2, 0) is 4.84 Å². The first-order valence-corrected chi connectivity index (χ1v) is 14.3. The largest absolute Gasteiger partial charge is 0.855 e. The van der Waals surface area contributed by atoms with Crippen molar-refractivity contribution >= 4 is 46.4 Å². The molecular formula is C30H38Cl3N3O2. The number of piperidine rings is 1. The van der Waals surface area contributed by atoms with E-state index >= 15 is 0 Å². The molecule has 5 nitrogen and oxygen atoms in total. The number of halogens is 3. The normalized spacial score (nSPS) is 24.4. The molecule has 0 radical (unpaired) electrons. The van der Waals surface area contributed by atoms with E-state index in [1.54, 1.807) is 4.68 Å². The molecule has 1 fully saturated rings. The Morgan fingerprint density at radius 1 is 0.947 bits per heavy atom. The van der Waals surface area contributed by atoms with Crippen molar-refractivity contribution in [3.8, 4) is 0 Å². The van der Waals surface area contributed by atoms with Gasteiger partial charge in [0.25, 0.3) is 0 Å². The molecule has 2 aromatic carbocycles. The smallest absolute Gasteiger partial charge is 0.224 e. The lowest BCUT2D eigenvalue weighted by Gasteiger charge is -2.52. The third-order valence-corrected chi connectivity index (χ3v) is 8.25. The van der Waals surface area contributed by atoms with Crippen LogP contribution < -0.4 is 5.11 Å². The molecule has 0 N–H and O–H groups in total. The van der Waals surface area contributed by atoms with Gasteiger partial charge in [-0.3, -0.25) is 4.84 Å². The average Bonchev–Trinajstić information content (AvgIpc) is 3.08. The maximum Gasteiger partial charge on any atom is 0.224 e. The van der Waals surface area contributed by atoms with Crippen LogP contribution in [0.3, 0.4) is 0 Å². The van der Waals surface area contributed by atoms with Gasteiger partial charge in [0, 0.05) is 23.1 Å². The first kappa shape index (κ1) is 29.4. The van der Waals surface area contributed by atoms with E-state index in [-0.39, 0.29) is 22.5 Å². The van der Waals surface area contributed by atoms with Gasteiger partial charge in [-0.05, 0) is 83.6 Å². The first-order chi connectivity index (χ1) is 17.6. The summed E-state index contributed by atoms with van der Waals surface area (Å²) in [6.07, 6.45) is 3.44. The lowest BCUT2D eigenvalue weighted by atomic mass is 9.80. The van der Waals surface area contributed by atoms with Gasteiger partial charge in [0.1, 0.15) is 0 Å². The minimum absolute atomic E-state index is 0.176. The van der Waals surface area contributed by atoms with E-state index < -0.39 is 15.8 Å². The summed E-state index contributed by atoms with van der Waals surface area (Å²) >= 11 is 18.0. The Balaban J connectivity index is 1.92. The molecule has 0 saturated carbocycles. The monoisotopic (exact) mass is 577 g/mol. The third kappa shape index (κ3) is 6.08. The molecule has 0 bridgehead atoms. The summed E-state index contributed by atoms with van der Waals surface area (Å²) in [5.41, 5.74) is 2.17. The number of hydroxylamine groups is 2. The molecular weight excluding hydrogens is 541 g/mol. The highest BCUT2D eigenvalue weighted by Gasteiger charge is 2.54. The fourth-order valence-electron chi connectivity index (χ4n) is 6.19. The second-order valence-electron chi connectivity index (χ2n) is 12.3. The van der Waals surface area contributed by atoms with Crippen LogP contribution in [0.25, 0.3) is 0 Å². The minimum atomic E-state index is -2.17. The van der Waals surface area contributed by atoms with Crippen LogP contribution in [0.2, 0.25) is 0 Å². The van der Waals surface area contributed by atoms with E-state index in [1.807, 2.05) is 48.5 Å². The Bertz CT molecular complexity index is 1170. The predicted molar refractivity (Wildman–Crippen MR) is 155 cm³/mol. The maximum atomic E-state index is 13.0. The van der Waals surface area contributed by atoms with E-state index in [2.05, 4.69) is 63.8 Å². The highest BCUT2D eigenvalue weighted by Crippen LogP contribution is 2.46. The fraction of sp³-hybridized carbons (Fsp3) is 0.533. The number of nitrogens with zero attached hydrogens (tertiary/aromatic N) is 3. The van der Waals surface area contributed by atoms with E-state index in [9.17, 15) is 5.11 Å². The Hall–Kier alpha value is -1.63. The molecule has 206 valence electrons. The van der Waals surface area contributed by atoms with E-state index in [1.165, 1.54) is 0 Å². The lowest BCUT2D eigenvalue weighted by Crippen LogP contribution is -2.59. The van der Waals surface area contributed by atoms with Crippen molar-refractivity contribution in [3.05, 3.63) is 71.8 Å². The summed E-state index contributed by atoms with van der Waals surface area (Å²) in [4.78, 5) is 7.08. The number of hydrazone groups is 1. The SMILES string of the molecule is CC1(C)CC(C(ON2C(C)(C)CCCC2(C)C)c2ccccc2)[N+](/N=C(\[O-])C(Cl)(Cl)Cl)=C1c1ccccc1. The van der Waals surface area contributed by atoms with Crippen molar-refractivity contribution < 1.29 is 14.6 Å². The Morgan fingerprint density at radius 3 is 2.00 bits per heavy atom. The van der Waals surface area contributed by atoms with Gasteiger partial charge >= 0.3 is 0 Å². The van der Waals surface area contributed by atoms with Crippen LogP contribution in [0.1, 0.15) is 84.5 Å². The molecule has 0 amide bonds. The highest BCUT2D eigenvalue weighted by molar-refractivity contribution is 6.75. The molecule has 0 aromatic heterocycles. The topological polar surface area (TPSA) is 50.9 Å². The van der Waals surface area contributed by atoms with Crippen molar-refractivity contribution in [2.24, 2.45) is 10.5 Å². The van der Waals surface area contributed by atoms with Gasteiger partial charge in [0.05, 0.1) is 11.3 Å². The number of hydrogen-bond acceptors (Lipinski definition) is 4. The molecule has 2 atom stereocenters. The molecule has 2 aromatic rings. The first-order valence-electron chi connectivity index (χ1n) is 13.2. The molecule has 38 heavy (non-hydrogen) atoms. The summed E-state index contributed by atoms with van der Waals surface area (Å²) < 4.78 is -0.403. The summed E-state index contributed by atoms with van der Waals surface area (Å²) in [5.74, 6) is -0.830. The van der Waals surface area contributed by atoms with Crippen molar-refractivity contribution in [1.29, 1.82) is 0 Å². The zero-order chi connectivity index (χ0) is 27.9. The van der Waals surface area contributed by atoms with Gasteiger partial charge in [-0.1, -0.05) is 88.0 Å². The number of alkyl halides is 3. The highest BCUT2D eigenvalue weighted by atomic mass is 35.6. The number of rotatable bonds is 6. The van der Waals surface area contributed by atoms with Gasteiger partial charge in [-0.25, -0.2) is 0 Å². The summed E-state index contributed by atoms with van der Waals surface area (Å²) in [6, 6.07) is 19.8. The van der Waals surface area contributed by atoms with Gasteiger partial charge in [-0.15, -0.1) is 0 Å². The van der Waals surface area contributed by atoms with Crippen LogP contribution in [-0.4, -0.2) is 42.3 Å². The van der Waals surface area contributed by atoms with Gasteiger partial charge in [-0.2, -0.15) is 5.06 Å². The van der Waals surface area contributed by atoms with Crippen molar-refractivity contribution in [3.63, 3.8) is 0 Å². The third-order valence-electron chi connectivity index (χ3n) is 7.77. The molecule has 2 aliphatic rings. The van der Waals surface area contributed by atoms with E-state index in [4.69, 9.17) is 39.6 Å². The standard InChI is InChI=1S/C30H38Cl3N3O2/c1-27(2)20-23(35(34-26(37)30(31,32)33)25(27)22-16-11-8-12-17-22)24(21-14-9-7-10-15-21)38-36-28(3,4)18-13-19-29(36,5)6/h7-12,14-17,23-24H,13,18-20H2,1-6H3. The van der Waals surface area contributed by atoms with E-state index in [0.717, 1.165) is 36.1 Å². The summed E-state index contributed by atoms with van der Waals surface area (Å²) in [6.45, 7) is 13.2. The summed E-state index contributed by atoms with van der Waals surface area (Å²) in [7, 11) is 0. The van der Waals surface area contributed by atoms with Crippen LogP contribution in [0.4, 0.5) is 0 Å². The zero-order valence-corrected chi connectivity index (χ0v) is 25.3. The quantitative estimate of drug-likeness (QED) is 0.160. The molecule has 1 saturated heterocycles. The summed E-state index contributed by atoms with van der Waals surface area (Å²) in [5, 5.41) is 19.7. The van der Waals surface area contributed by atoms with Crippen molar-refractivity contribution in [1.82, 2.24) is 5.06 Å². The van der Waals surface area contributed by atoms with Gasteiger partial charge in [0.15, 0.2) is 6.10 Å². The minimum Gasteiger partial charge on any atom is -0.855 e. The van der Waals surface area contributed by atoms with Crippen LogP contribution >= 0.6 is 34.8 Å². The molecule has 8 heteroatoms. The fourth-order valence-corrected chi connectivity index (χ4v) is 6.30. The molecule has 2 heterocycles. The second-order valence-corrected chi connectivity index (χ2v) is 14.6. The maximum absolute atomic E-state index is 13.0. The molecule has 0 spiro atoms. The Morgan fingerprint density at radius 2 is 1.47 bits per heavy atom. The average molecular weight is 579 g/mol. The van der Waals surface area contributed by atoms with Crippen LogP contribution in [0, 0.1) is 5.41 Å². The van der Waals surface area contributed by atoms with Crippen LogP contribution in [0.15, 0.2) is 65.8 Å². The molecule has 2 aliphatic heterocycles. The molecule has 2 unspecified atom stereocenters. The molecule has 4 rings (SSSR count). The van der Waals surface area contributed by atoms with Crippen molar-refractivity contribution in [2.45, 2.75) is 94.2 Å². The van der Waals surface area contributed by atoms with Crippen LogP contribution in [0.5, 0.6) is 0 Å². The van der Waals surface area contributed by atoms with E-state index in [0.29, 0.717) is 6.42 Å². The van der Waals surface area contributed by atoms with Gasteiger partial charge < -0.3 is 5.11 Å². The molecule has 0 aliphatic carbocycles. The predicted octanol–water partition coefficient (Wildman–Crippen LogP) is 7.05. The zero-order valence-electron chi connectivity index (χ0n) is 23.0. The van der Waals surface area contributed by atoms with Gasteiger partial charge in [0.2, 0.25) is 15.5 Å². The van der Waals surface area contributed by atoms with Crippen molar-refractivity contribution in [2.75, 3.05) is 0 Å². The Kier molecular flexibility index (Phi) is 8.30.